The molecule has 2 heterocycles. The summed E-state index contributed by atoms with van der Waals surface area (Å²) in [5.74, 6) is 0.333. The van der Waals surface area contributed by atoms with Crippen molar-refractivity contribution in [2.45, 2.75) is 13.5 Å². The second kappa shape index (κ2) is 9.25. The highest BCUT2D eigenvalue weighted by atomic mass is 32.1. The second-order valence-electron chi connectivity index (χ2n) is 7.23. The molecule has 0 saturated carbocycles. The van der Waals surface area contributed by atoms with E-state index >= 15 is 0 Å². The van der Waals surface area contributed by atoms with E-state index in [1.807, 2.05) is 18.2 Å². The third kappa shape index (κ3) is 4.35. The van der Waals surface area contributed by atoms with Gasteiger partial charge in [-0.3, -0.25) is 19.0 Å². The summed E-state index contributed by atoms with van der Waals surface area (Å²) in [4.78, 5) is 43.9. The van der Waals surface area contributed by atoms with Crippen molar-refractivity contribution < 1.29 is 19.1 Å². The molecule has 1 N–H and O–H groups in total. The van der Waals surface area contributed by atoms with Gasteiger partial charge in [-0.15, -0.1) is 11.3 Å². The Bertz CT molecular complexity index is 1410. The van der Waals surface area contributed by atoms with Gasteiger partial charge in [0.05, 0.1) is 37.4 Å². The number of nitrogens with zero attached hydrogens (tertiary/aromatic N) is 2. The Labute approximate surface area is 193 Å². The number of hydrogen-bond donors (Lipinski definition) is 1. The van der Waals surface area contributed by atoms with E-state index in [0.29, 0.717) is 43.4 Å². The predicted molar refractivity (Wildman–Crippen MR) is 127 cm³/mol. The van der Waals surface area contributed by atoms with Gasteiger partial charge < -0.3 is 14.8 Å². The van der Waals surface area contributed by atoms with Crippen LogP contribution in [0, 0.1) is 6.92 Å². The quantitative estimate of drug-likeness (QED) is 0.417. The molecule has 0 saturated heterocycles. The molecule has 8 nitrogen and oxygen atoms in total. The van der Waals surface area contributed by atoms with Crippen LogP contribution in [0.5, 0.6) is 11.5 Å². The largest absolute Gasteiger partial charge is 0.493 e. The zero-order valence-electron chi connectivity index (χ0n) is 18.2. The van der Waals surface area contributed by atoms with Crippen LogP contribution in [-0.2, 0) is 6.54 Å². The number of aromatic nitrogens is 2. The summed E-state index contributed by atoms with van der Waals surface area (Å²) in [7, 11) is 3.00. The average molecular weight is 464 g/mol. The zero-order chi connectivity index (χ0) is 23.5. The molecule has 0 radical (unpaired) electrons. The van der Waals surface area contributed by atoms with E-state index in [0.717, 1.165) is 11.3 Å². The molecular formula is C24H21N3O5S. The van der Waals surface area contributed by atoms with Crippen LogP contribution >= 0.6 is 11.3 Å². The van der Waals surface area contributed by atoms with Crippen molar-refractivity contribution in [3.63, 3.8) is 0 Å². The van der Waals surface area contributed by atoms with Gasteiger partial charge in [0.2, 0.25) is 0 Å². The molecule has 0 atom stereocenters. The van der Waals surface area contributed by atoms with E-state index in [1.165, 1.54) is 25.1 Å². The summed E-state index contributed by atoms with van der Waals surface area (Å²) in [6.07, 6.45) is 1.33. The van der Waals surface area contributed by atoms with Crippen LogP contribution in [0.25, 0.3) is 10.2 Å². The summed E-state index contributed by atoms with van der Waals surface area (Å²) < 4.78 is 11.7. The molecule has 0 aliphatic rings. The number of rotatable bonds is 7. The SMILES string of the molecule is COc1ccc(C(=O)Cn2cnc3sc(C(=O)Nc4ccccc4)c(C)c3c2=O)cc1OC. The van der Waals surface area contributed by atoms with Gasteiger partial charge in [-0.1, -0.05) is 18.2 Å². The summed E-state index contributed by atoms with van der Waals surface area (Å²) in [6, 6.07) is 13.9. The van der Waals surface area contributed by atoms with Crippen molar-refractivity contribution in [2.24, 2.45) is 0 Å². The fraction of sp³-hybridized carbons (Fsp3) is 0.167. The molecule has 33 heavy (non-hydrogen) atoms. The number of ether oxygens (including phenoxy) is 2. The van der Waals surface area contributed by atoms with Gasteiger partial charge in [-0.2, -0.15) is 0 Å². The zero-order valence-corrected chi connectivity index (χ0v) is 19.1. The van der Waals surface area contributed by atoms with E-state index < -0.39 is 0 Å². The second-order valence-corrected chi connectivity index (χ2v) is 8.23. The van der Waals surface area contributed by atoms with E-state index in [-0.39, 0.29) is 23.8 Å². The fourth-order valence-corrected chi connectivity index (χ4v) is 4.49. The smallest absolute Gasteiger partial charge is 0.266 e. The number of thiophene rings is 1. The molecular weight excluding hydrogens is 442 g/mol. The normalized spacial score (nSPS) is 10.8. The Morgan fingerprint density at radius 3 is 2.48 bits per heavy atom. The summed E-state index contributed by atoms with van der Waals surface area (Å²) >= 11 is 1.15. The van der Waals surface area contributed by atoms with Crippen molar-refractivity contribution in [1.29, 1.82) is 0 Å². The third-order valence-electron chi connectivity index (χ3n) is 5.17. The van der Waals surface area contributed by atoms with Gasteiger partial charge >= 0.3 is 0 Å². The van der Waals surface area contributed by atoms with Crippen molar-refractivity contribution >= 4 is 38.9 Å². The number of aryl methyl sites for hydroxylation is 1. The van der Waals surface area contributed by atoms with Crippen molar-refractivity contribution in [3.8, 4) is 11.5 Å². The number of ketones is 1. The topological polar surface area (TPSA) is 99.5 Å². The molecule has 2 aromatic heterocycles. The van der Waals surface area contributed by atoms with Gasteiger partial charge in [0.15, 0.2) is 17.3 Å². The van der Waals surface area contributed by atoms with Gasteiger partial charge in [-0.05, 0) is 42.8 Å². The highest BCUT2D eigenvalue weighted by molar-refractivity contribution is 7.20. The van der Waals surface area contributed by atoms with Crippen LogP contribution in [-0.4, -0.2) is 35.5 Å². The number of fused-ring (bicyclic) bond motifs is 1. The van der Waals surface area contributed by atoms with Crippen LogP contribution < -0.4 is 20.3 Å². The maximum absolute atomic E-state index is 13.1. The van der Waals surface area contributed by atoms with E-state index in [4.69, 9.17) is 9.47 Å². The number of para-hydroxylation sites is 1. The number of hydrogen-bond acceptors (Lipinski definition) is 7. The molecule has 1 amide bonds. The van der Waals surface area contributed by atoms with E-state index in [9.17, 15) is 14.4 Å². The van der Waals surface area contributed by atoms with Crippen LogP contribution in [0.1, 0.15) is 25.6 Å². The lowest BCUT2D eigenvalue weighted by Crippen LogP contribution is -2.24. The lowest BCUT2D eigenvalue weighted by molar-refractivity contribution is 0.0969. The number of anilines is 1. The van der Waals surface area contributed by atoms with Gasteiger partial charge in [0, 0.05) is 11.3 Å². The van der Waals surface area contributed by atoms with Gasteiger partial charge in [0.1, 0.15) is 4.83 Å². The molecule has 4 rings (SSSR count). The fourth-order valence-electron chi connectivity index (χ4n) is 3.45. The first-order valence-corrected chi connectivity index (χ1v) is 10.8. The number of methoxy groups -OCH3 is 2. The van der Waals surface area contributed by atoms with E-state index in [2.05, 4.69) is 10.3 Å². The Balaban J connectivity index is 1.63. The highest BCUT2D eigenvalue weighted by Crippen LogP contribution is 2.29. The number of nitrogens with one attached hydrogen (secondary N) is 1. The maximum atomic E-state index is 13.1. The molecule has 0 fully saturated rings. The van der Waals surface area contributed by atoms with Crippen LogP contribution in [0.15, 0.2) is 59.7 Å². The van der Waals surface area contributed by atoms with Crippen LogP contribution in [0.4, 0.5) is 5.69 Å². The molecule has 168 valence electrons. The molecule has 0 spiro atoms. The first-order chi connectivity index (χ1) is 15.9. The third-order valence-corrected chi connectivity index (χ3v) is 6.37. The number of amides is 1. The number of Topliss-reactive ketones (excluding diaryl/α,β-unsaturated/α-hetero) is 1. The lowest BCUT2D eigenvalue weighted by Gasteiger charge is -2.10. The minimum atomic E-state index is -0.374. The predicted octanol–water partition coefficient (Wildman–Crippen LogP) is 3.92. The first kappa shape index (κ1) is 22.2. The summed E-state index contributed by atoms with van der Waals surface area (Å²) in [6.45, 7) is 1.51. The molecule has 9 heteroatoms. The molecule has 4 aromatic rings. The Hall–Kier alpha value is -3.98. The Kier molecular flexibility index (Phi) is 6.23. The monoisotopic (exact) mass is 463 g/mol. The molecule has 2 aromatic carbocycles. The van der Waals surface area contributed by atoms with Crippen molar-refractivity contribution in [1.82, 2.24) is 9.55 Å². The first-order valence-electron chi connectivity index (χ1n) is 10.0. The van der Waals surface area contributed by atoms with Crippen molar-refractivity contribution in [3.05, 3.63) is 81.2 Å². The molecule has 0 aliphatic carbocycles. The van der Waals surface area contributed by atoms with Crippen LogP contribution in [0.3, 0.4) is 0 Å². The highest BCUT2D eigenvalue weighted by Gasteiger charge is 2.21. The number of benzene rings is 2. The number of carbonyl (C=O) groups is 2. The van der Waals surface area contributed by atoms with Gasteiger partial charge in [-0.25, -0.2) is 4.98 Å². The Morgan fingerprint density at radius 2 is 1.79 bits per heavy atom. The van der Waals surface area contributed by atoms with Crippen LogP contribution in [0.2, 0.25) is 0 Å². The Morgan fingerprint density at radius 1 is 1.06 bits per heavy atom. The standard InChI is InChI=1S/C24H21N3O5S/c1-14-20-23(33-21(14)22(29)26-16-7-5-4-6-8-16)25-13-27(24(20)30)12-17(28)15-9-10-18(31-2)19(11-15)32-3/h4-11,13H,12H2,1-3H3,(H,26,29). The molecule has 0 unspecified atom stereocenters. The van der Waals surface area contributed by atoms with Gasteiger partial charge in [0.25, 0.3) is 11.5 Å². The summed E-state index contributed by atoms with van der Waals surface area (Å²) in [5, 5.41) is 3.16. The lowest BCUT2D eigenvalue weighted by atomic mass is 10.1. The maximum Gasteiger partial charge on any atom is 0.266 e. The minimum absolute atomic E-state index is 0.196. The van der Waals surface area contributed by atoms with Crippen molar-refractivity contribution in [2.75, 3.05) is 19.5 Å². The minimum Gasteiger partial charge on any atom is -0.493 e. The molecule has 0 aliphatic heterocycles. The molecule has 0 bridgehead atoms. The number of carbonyl (C=O) groups excluding carboxylic acids is 2. The average Bonchev–Trinajstić information content (AvgIpc) is 3.18. The van der Waals surface area contributed by atoms with E-state index in [1.54, 1.807) is 37.3 Å². The summed E-state index contributed by atoms with van der Waals surface area (Å²) in [5.41, 5.74) is 1.20.